The van der Waals surface area contributed by atoms with Crippen molar-refractivity contribution in [1.29, 1.82) is 0 Å². The Balaban J connectivity index is 0.000000216. The summed E-state index contributed by atoms with van der Waals surface area (Å²) >= 11 is 0. The summed E-state index contributed by atoms with van der Waals surface area (Å²) in [5.74, 6) is -0.599. The Hall–Kier alpha value is -4.32. The third-order valence-electron chi connectivity index (χ3n) is 5.01. The van der Waals surface area contributed by atoms with E-state index in [1.165, 1.54) is 13.2 Å². The van der Waals surface area contributed by atoms with E-state index in [9.17, 15) is 36.2 Å². The Kier molecular flexibility index (Phi) is 8.79. The quantitative estimate of drug-likeness (QED) is 0.290. The van der Waals surface area contributed by atoms with Crippen LogP contribution in [0.2, 0.25) is 0 Å². The summed E-state index contributed by atoms with van der Waals surface area (Å²) in [6.45, 7) is -0.0625. The van der Waals surface area contributed by atoms with Crippen molar-refractivity contribution in [3.63, 3.8) is 0 Å². The summed E-state index contributed by atoms with van der Waals surface area (Å²) in [7, 11) is 1.44. The second-order valence-electron chi connectivity index (χ2n) is 7.81. The smallest absolute Gasteiger partial charge is 0.416 e. The highest BCUT2D eigenvalue weighted by atomic mass is 19.4. The molecule has 6 nitrogen and oxygen atoms in total. The first-order chi connectivity index (χ1) is 17.9. The predicted molar refractivity (Wildman–Crippen MR) is 127 cm³/mol. The molecule has 38 heavy (non-hydrogen) atoms. The lowest BCUT2D eigenvalue weighted by molar-refractivity contribution is -0.143. The Morgan fingerprint density at radius 1 is 0.868 bits per heavy atom. The highest BCUT2D eigenvalue weighted by Gasteiger charge is 2.36. The fourth-order valence-corrected chi connectivity index (χ4v) is 3.31. The molecule has 2 N–H and O–H groups in total. The molecule has 0 atom stereocenters. The molecule has 0 amide bonds. The SMILES string of the molecule is CNCc1cc(C(F)(F)F)cc(C(F)(F)F)c1.O=C(O)c1cnc(-c2cccnc2)nc1-c1ccccc1. The molecule has 0 aliphatic heterocycles. The summed E-state index contributed by atoms with van der Waals surface area (Å²) in [4.78, 5) is 23.9. The fourth-order valence-electron chi connectivity index (χ4n) is 3.31. The van der Waals surface area contributed by atoms with Gasteiger partial charge in [-0.2, -0.15) is 26.3 Å². The van der Waals surface area contributed by atoms with Gasteiger partial charge in [0.1, 0.15) is 5.56 Å². The minimum Gasteiger partial charge on any atom is -0.478 e. The molecule has 0 saturated carbocycles. The number of carboxylic acids is 1. The van der Waals surface area contributed by atoms with Gasteiger partial charge in [0.2, 0.25) is 0 Å². The monoisotopic (exact) mass is 534 g/mol. The van der Waals surface area contributed by atoms with Crippen LogP contribution in [0, 0.1) is 0 Å². The third-order valence-corrected chi connectivity index (χ3v) is 5.01. The van der Waals surface area contributed by atoms with E-state index in [1.807, 2.05) is 36.4 Å². The number of hydrogen-bond donors (Lipinski definition) is 2. The Bertz CT molecular complexity index is 1350. The van der Waals surface area contributed by atoms with Crippen LogP contribution < -0.4 is 5.32 Å². The number of benzene rings is 2. The molecule has 12 heteroatoms. The Morgan fingerprint density at radius 3 is 1.97 bits per heavy atom. The van der Waals surface area contributed by atoms with Crippen molar-refractivity contribution in [2.24, 2.45) is 0 Å². The largest absolute Gasteiger partial charge is 0.478 e. The first kappa shape index (κ1) is 28.3. The van der Waals surface area contributed by atoms with Crippen LogP contribution in [-0.2, 0) is 18.9 Å². The molecular formula is C26H20F6N4O2. The molecule has 0 spiro atoms. The van der Waals surface area contributed by atoms with Crippen LogP contribution in [0.1, 0.15) is 27.0 Å². The van der Waals surface area contributed by atoms with E-state index in [0.717, 1.165) is 11.1 Å². The van der Waals surface area contributed by atoms with Crippen molar-refractivity contribution in [1.82, 2.24) is 20.3 Å². The van der Waals surface area contributed by atoms with Gasteiger partial charge in [0.05, 0.1) is 16.8 Å². The number of nitrogens with one attached hydrogen (secondary N) is 1. The van der Waals surface area contributed by atoms with Crippen LogP contribution in [0.3, 0.4) is 0 Å². The zero-order chi connectivity index (χ0) is 27.9. The van der Waals surface area contributed by atoms with E-state index < -0.39 is 29.4 Å². The van der Waals surface area contributed by atoms with Gasteiger partial charge >= 0.3 is 18.3 Å². The Morgan fingerprint density at radius 2 is 1.47 bits per heavy atom. The summed E-state index contributed by atoms with van der Waals surface area (Å²) in [6.07, 6.45) is -4.94. The van der Waals surface area contributed by atoms with Gasteiger partial charge in [-0.25, -0.2) is 14.8 Å². The minimum atomic E-state index is -4.79. The molecule has 2 aromatic heterocycles. The van der Waals surface area contributed by atoms with Crippen molar-refractivity contribution >= 4 is 5.97 Å². The maximum Gasteiger partial charge on any atom is 0.416 e. The number of nitrogens with zero attached hydrogens (tertiary/aromatic N) is 3. The van der Waals surface area contributed by atoms with E-state index in [2.05, 4.69) is 20.3 Å². The Labute approximate surface area is 213 Å². The van der Waals surface area contributed by atoms with E-state index in [-0.39, 0.29) is 23.7 Å². The molecule has 198 valence electrons. The average molecular weight is 534 g/mol. The lowest BCUT2D eigenvalue weighted by atomic mass is 10.0. The van der Waals surface area contributed by atoms with Crippen LogP contribution in [-0.4, -0.2) is 33.1 Å². The first-order valence-electron chi connectivity index (χ1n) is 10.9. The number of carbonyl (C=O) groups is 1. The molecule has 0 aliphatic rings. The molecule has 0 unspecified atom stereocenters. The molecule has 0 radical (unpaired) electrons. The van der Waals surface area contributed by atoms with Crippen LogP contribution in [0.25, 0.3) is 22.6 Å². The van der Waals surface area contributed by atoms with E-state index in [0.29, 0.717) is 23.7 Å². The van der Waals surface area contributed by atoms with Crippen molar-refractivity contribution in [2.45, 2.75) is 18.9 Å². The summed E-state index contributed by atoms with van der Waals surface area (Å²) < 4.78 is 74.3. The number of alkyl halides is 6. The maximum absolute atomic E-state index is 12.4. The van der Waals surface area contributed by atoms with Crippen LogP contribution in [0.15, 0.2) is 79.3 Å². The zero-order valence-corrected chi connectivity index (χ0v) is 19.7. The van der Waals surface area contributed by atoms with Gasteiger partial charge in [-0.05, 0) is 42.9 Å². The summed E-state index contributed by atoms with van der Waals surface area (Å²) in [5.41, 5.74) is -0.690. The fraction of sp³-hybridized carbons (Fsp3) is 0.154. The van der Waals surface area contributed by atoms with Gasteiger partial charge in [0.25, 0.3) is 0 Å². The van der Waals surface area contributed by atoms with Crippen LogP contribution in [0.4, 0.5) is 26.3 Å². The van der Waals surface area contributed by atoms with Gasteiger partial charge in [0, 0.05) is 36.3 Å². The van der Waals surface area contributed by atoms with Crippen molar-refractivity contribution in [2.75, 3.05) is 7.05 Å². The molecule has 4 rings (SSSR count). The summed E-state index contributed by atoms with van der Waals surface area (Å²) in [5, 5.41) is 11.8. The molecule has 0 aliphatic carbocycles. The molecular weight excluding hydrogens is 514 g/mol. The normalized spacial score (nSPS) is 11.4. The predicted octanol–water partition coefficient (Wildman–Crippen LogP) is 6.35. The number of aromatic carboxylic acids is 1. The summed E-state index contributed by atoms with van der Waals surface area (Å²) in [6, 6.07) is 14.3. The van der Waals surface area contributed by atoms with Gasteiger partial charge in [0.15, 0.2) is 5.82 Å². The van der Waals surface area contributed by atoms with Gasteiger partial charge < -0.3 is 10.4 Å². The molecule has 2 heterocycles. The van der Waals surface area contributed by atoms with Gasteiger partial charge in [-0.3, -0.25) is 4.98 Å². The van der Waals surface area contributed by atoms with E-state index in [1.54, 1.807) is 18.5 Å². The first-order valence-corrected chi connectivity index (χ1v) is 10.9. The van der Waals surface area contributed by atoms with Crippen LogP contribution >= 0.6 is 0 Å². The number of pyridine rings is 1. The number of hydrogen-bond acceptors (Lipinski definition) is 5. The van der Waals surface area contributed by atoms with E-state index in [4.69, 9.17) is 0 Å². The second kappa shape index (κ2) is 11.8. The van der Waals surface area contributed by atoms with Gasteiger partial charge in [-0.1, -0.05) is 30.3 Å². The molecule has 0 saturated heterocycles. The number of carboxylic acid groups (broad SMARTS) is 1. The number of rotatable bonds is 5. The maximum atomic E-state index is 12.4. The highest BCUT2D eigenvalue weighted by Crippen LogP contribution is 2.36. The van der Waals surface area contributed by atoms with Crippen molar-refractivity contribution < 1.29 is 36.2 Å². The zero-order valence-electron chi connectivity index (χ0n) is 19.7. The van der Waals surface area contributed by atoms with Crippen molar-refractivity contribution in [3.8, 4) is 22.6 Å². The molecule has 0 bridgehead atoms. The average Bonchev–Trinajstić information content (AvgIpc) is 2.89. The van der Waals surface area contributed by atoms with Crippen LogP contribution in [0.5, 0.6) is 0 Å². The lowest BCUT2D eigenvalue weighted by Crippen LogP contribution is -2.14. The minimum absolute atomic E-state index is 0.0605. The number of aromatic nitrogens is 3. The highest BCUT2D eigenvalue weighted by molar-refractivity contribution is 5.94. The topological polar surface area (TPSA) is 88.0 Å². The molecule has 4 aromatic rings. The molecule has 0 fully saturated rings. The molecule has 2 aromatic carbocycles. The lowest BCUT2D eigenvalue weighted by Gasteiger charge is -2.13. The van der Waals surface area contributed by atoms with Crippen molar-refractivity contribution in [3.05, 3.63) is 102 Å². The van der Waals surface area contributed by atoms with E-state index >= 15 is 0 Å². The third kappa shape index (κ3) is 7.35. The second-order valence-corrected chi connectivity index (χ2v) is 7.81. The standard InChI is InChI=1S/C16H11N3O2.C10H9F6N/c20-16(21)13-10-18-15(12-7-4-8-17-9-12)19-14(13)11-5-2-1-3-6-11;1-17-5-6-2-7(9(11,12)13)4-8(3-6)10(14,15)16/h1-10H,(H,20,21);2-4,17H,5H2,1H3. The number of halogens is 6. The van der Waals surface area contributed by atoms with Gasteiger partial charge in [-0.15, -0.1) is 0 Å².